The first-order valence-corrected chi connectivity index (χ1v) is 8.61. The number of nitrogens with one attached hydrogen (secondary N) is 1. The summed E-state index contributed by atoms with van der Waals surface area (Å²) in [6, 6.07) is 0.412. The van der Waals surface area contributed by atoms with Gasteiger partial charge in [0.1, 0.15) is 4.90 Å². The van der Waals surface area contributed by atoms with Crippen molar-refractivity contribution in [2.45, 2.75) is 37.6 Å². The van der Waals surface area contributed by atoms with Crippen LogP contribution in [-0.4, -0.2) is 48.2 Å². The summed E-state index contributed by atoms with van der Waals surface area (Å²) in [5, 5.41) is 7.45. The lowest BCUT2D eigenvalue weighted by molar-refractivity contribution is 0.220. The van der Waals surface area contributed by atoms with E-state index in [-0.39, 0.29) is 4.90 Å². The number of aromatic nitrogens is 2. The Kier molecular flexibility index (Phi) is 4.82. The van der Waals surface area contributed by atoms with Crippen molar-refractivity contribution >= 4 is 10.0 Å². The van der Waals surface area contributed by atoms with Gasteiger partial charge in [-0.1, -0.05) is 13.8 Å². The average Bonchev–Trinajstić information content (AvgIpc) is 2.84. The second-order valence-electron chi connectivity index (χ2n) is 5.54. The molecule has 1 aromatic heterocycles. The van der Waals surface area contributed by atoms with Crippen LogP contribution in [0.25, 0.3) is 0 Å². The number of rotatable bonds is 5. The van der Waals surface area contributed by atoms with Crippen LogP contribution < -0.4 is 5.32 Å². The number of aryl methyl sites for hydroxylation is 1. The van der Waals surface area contributed by atoms with Crippen LogP contribution >= 0.6 is 0 Å². The molecule has 114 valence electrons. The number of sulfonamides is 1. The van der Waals surface area contributed by atoms with Gasteiger partial charge in [0.15, 0.2) is 0 Å². The smallest absolute Gasteiger partial charge is 0.246 e. The second-order valence-corrected chi connectivity index (χ2v) is 7.48. The molecule has 0 amide bonds. The van der Waals surface area contributed by atoms with E-state index in [1.165, 1.54) is 10.9 Å². The van der Waals surface area contributed by atoms with E-state index < -0.39 is 10.0 Å². The third-order valence-electron chi connectivity index (χ3n) is 3.84. The van der Waals surface area contributed by atoms with E-state index >= 15 is 0 Å². The van der Waals surface area contributed by atoms with Gasteiger partial charge >= 0.3 is 0 Å². The number of hydrogen-bond acceptors (Lipinski definition) is 4. The van der Waals surface area contributed by atoms with Crippen LogP contribution in [0.1, 0.15) is 26.7 Å². The van der Waals surface area contributed by atoms with Crippen molar-refractivity contribution in [2.24, 2.45) is 13.0 Å². The number of hydrogen-bond donors (Lipinski definition) is 1. The topological polar surface area (TPSA) is 67.2 Å². The monoisotopic (exact) mass is 300 g/mol. The molecule has 2 heterocycles. The Labute approximate surface area is 121 Å². The van der Waals surface area contributed by atoms with E-state index in [0.29, 0.717) is 25.0 Å². The molecule has 1 aliphatic rings. The molecule has 2 unspecified atom stereocenters. The third kappa shape index (κ3) is 3.21. The van der Waals surface area contributed by atoms with Gasteiger partial charge < -0.3 is 5.32 Å². The van der Waals surface area contributed by atoms with Crippen molar-refractivity contribution < 1.29 is 8.42 Å². The summed E-state index contributed by atoms with van der Waals surface area (Å²) in [5.41, 5.74) is 0. The summed E-state index contributed by atoms with van der Waals surface area (Å²) in [6.45, 7) is 6.38. The minimum Gasteiger partial charge on any atom is -0.314 e. The molecule has 1 saturated heterocycles. The predicted octanol–water partition coefficient (Wildman–Crippen LogP) is 0.819. The van der Waals surface area contributed by atoms with Crippen LogP contribution in [0.4, 0.5) is 0 Å². The fraction of sp³-hybridized carbons (Fsp3) is 0.769. The van der Waals surface area contributed by atoms with Crippen molar-refractivity contribution in [3.8, 4) is 0 Å². The molecule has 0 saturated carbocycles. The van der Waals surface area contributed by atoms with Gasteiger partial charge in [-0.15, -0.1) is 0 Å². The molecule has 0 radical (unpaired) electrons. The molecule has 1 aromatic rings. The first-order valence-electron chi connectivity index (χ1n) is 7.17. The first kappa shape index (κ1) is 15.5. The van der Waals surface area contributed by atoms with Gasteiger partial charge in [-0.05, 0) is 25.3 Å². The molecule has 2 atom stereocenters. The Morgan fingerprint density at radius 3 is 2.80 bits per heavy atom. The quantitative estimate of drug-likeness (QED) is 0.874. The zero-order chi connectivity index (χ0) is 14.8. The van der Waals surface area contributed by atoms with Gasteiger partial charge in [0.25, 0.3) is 0 Å². The SMILES string of the molecule is CCCNC1CCN(S(=O)(=O)c2cnn(C)c2)CC1C. The molecule has 1 aliphatic heterocycles. The largest absolute Gasteiger partial charge is 0.314 e. The van der Waals surface area contributed by atoms with Crippen LogP contribution in [0.2, 0.25) is 0 Å². The molecule has 1 fully saturated rings. The summed E-state index contributed by atoms with van der Waals surface area (Å²) in [5.74, 6) is 0.321. The van der Waals surface area contributed by atoms with E-state index in [1.54, 1.807) is 17.5 Å². The highest BCUT2D eigenvalue weighted by atomic mass is 32.2. The molecular formula is C13H24N4O2S. The van der Waals surface area contributed by atoms with Gasteiger partial charge in [-0.25, -0.2) is 8.42 Å². The molecule has 0 bridgehead atoms. The van der Waals surface area contributed by atoms with Gasteiger partial charge in [-0.2, -0.15) is 9.40 Å². The molecular weight excluding hydrogens is 276 g/mol. The lowest BCUT2D eigenvalue weighted by atomic mass is 9.95. The highest BCUT2D eigenvalue weighted by Gasteiger charge is 2.33. The minimum absolute atomic E-state index is 0.284. The van der Waals surface area contributed by atoms with E-state index in [4.69, 9.17) is 0 Å². The maximum absolute atomic E-state index is 12.5. The minimum atomic E-state index is -3.40. The molecule has 0 aromatic carbocycles. The first-order chi connectivity index (χ1) is 9.45. The number of piperidine rings is 1. The molecule has 6 nitrogen and oxygen atoms in total. The standard InChI is InChI=1S/C13H24N4O2S/c1-4-6-14-13-5-7-17(9-11(13)2)20(18,19)12-8-15-16(3)10-12/h8,10-11,13-14H,4-7,9H2,1-3H3. The molecule has 0 aliphatic carbocycles. The zero-order valence-electron chi connectivity index (χ0n) is 12.4. The Hall–Kier alpha value is -0.920. The Balaban J connectivity index is 2.05. The maximum Gasteiger partial charge on any atom is 0.246 e. The van der Waals surface area contributed by atoms with Crippen LogP contribution in [0.15, 0.2) is 17.3 Å². The normalized spacial score (nSPS) is 24.9. The van der Waals surface area contributed by atoms with Gasteiger partial charge in [0.05, 0.1) is 6.20 Å². The Morgan fingerprint density at radius 2 is 2.25 bits per heavy atom. The van der Waals surface area contributed by atoms with E-state index in [9.17, 15) is 8.42 Å². The number of nitrogens with zero attached hydrogens (tertiary/aromatic N) is 3. The Bertz CT molecular complexity index is 540. The van der Waals surface area contributed by atoms with Crippen LogP contribution in [-0.2, 0) is 17.1 Å². The predicted molar refractivity (Wildman–Crippen MR) is 77.8 cm³/mol. The zero-order valence-corrected chi connectivity index (χ0v) is 13.2. The van der Waals surface area contributed by atoms with Gasteiger partial charge in [0.2, 0.25) is 10.0 Å². The lowest BCUT2D eigenvalue weighted by Gasteiger charge is -2.36. The van der Waals surface area contributed by atoms with E-state index in [2.05, 4.69) is 24.3 Å². The summed E-state index contributed by atoms with van der Waals surface area (Å²) in [7, 11) is -1.67. The highest BCUT2D eigenvalue weighted by Crippen LogP contribution is 2.23. The third-order valence-corrected chi connectivity index (χ3v) is 5.66. The molecule has 1 N–H and O–H groups in total. The lowest BCUT2D eigenvalue weighted by Crippen LogP contribution is -2.50. The van der Waals surface area contributed by atoms with E-state index in [0.717, 1.165) is 19.4 Å². The van der Waals surface area contributed by atoms with Gasteiger partial charge in [-0.3, -0.25) is 4.68 Å². The maximum atomic E-state index is 12.5. The van der Waals surface area contributed by atoms with Crippen molar-refractivity contribution in [3.05, 3.63) is 12.4 Å². The Morgan fingerprint density at radius 1 is 1.50 bits per heavy atom. The fourth-order valence-corrected chi connectivity index (χ4v) is 4.18. The molecule has 20 heavy (non-hydrogen) atoms. The summed E-state index contributed by atoms with van der Waals surface area (Å²) < 4.78 is 28.1. The fourth-order valence-electron chi connectivity index (χ4n) is 2.64. The summed E-state index contributed by atoms with van der Waals surface area (Å²) in [6.07, 6.45) is 4.93. The summed E-state index contributed by atoms with van der Waals surface area (Å²) >= 11 is 0. The molecule has 7 heteroatoms. The van der Waals surface area contributed by atoms with Crippen LogP contribution in [0, 0.1) is 5.92 Å². The second kappa shape index (κ2) is 6.24. The van der Waals surface area contributed by atoms with Crippen LogP contribution in [0.3, 0.4) is 0 Å². The molecule has 0 spiro atoms. The van der Waals surface area contributed by atoms with Crippen molar-refractivity contribution in [2.75, 3.05) is 19.6 Å². The van der Waals surface area contributed by atoms with Crippen molar-refractivity contribution in [1.82, 2.24) is 19.4 Å². The van der Waals surface area contributed by atoms with Crippen molar-refractivity contribution in [1.29, 1.82) is 0 Å². The average molecular weight is 300 g/mol. The van der Waals surface area contributed by atoms with Crippen LogP contribution in [0.5, 0.6) is 0 Å². The van der Waals surface area contributed by atoms with E-state index in [1.807, 2.05) is 0 Å². The highest BCUT2D eigenvalue weighted by molar-refractivity contribution is 7.89. The molecule has 2 rings (SSSR count). The van der Waals surface area contributed by atoms with Crippen molar-refractivity contribution in [3.63, 3.8) is 0 Å². The van der Waals surface area contributed by atoms with Gasteiger partial charge in [0, 0.05) is 32.4 Å². The summed E-state index contributed by atoms with van der Waals surface area (Å²) in [4.78, 5) is 0.284.